The van der Waals surface area contributed by atoms with Crippen molar-refractivity contribution in [3.8, 4) is 28.5 Å². The predicted octanol–water partition coefficient (Wildman–Crippen LogP) is 4.14. The standard InChI is InChI=1S/C32H35N5O6/c1-40-25-10-7-23(8-11-25)32(39)37(21-26-6-4-19-43-26)22-31(38)36-16-5-15-35(17-18-36)30-14-12-27(33-34-30)24-9-13-28(41-2)29(20-24)42-3/h4,6-14,19-20H,5,15-18,21-22H2,1-3H3. The number of hydrogen-bond donors (Lipinski definition) is 0. The number of nitrogens with zero attached hydrogens (tertiary/aromatic N) is 5. The van der Waals surface area contributed by atoms with Crippen molar-refractivity contribution in [3.05, 3.63) is 84.3 Å². The molecular weight excluding hydrogens is 550 g/mol. The molecule has 1 saturated heterocycles. The quantitative estimate of drug-likeness (QED) is 0.271. The number of benzene rings is 2. The van der Waals surface area contributed by atoms with Crippen LogP contribution in [-0.4, -0.2) is 85.9 Å². The van der Waals surface area contributed by atoms with Gasteiger partial charge < -0.3 is 33.3 Å². The van der Waals surface area contributed by atoms with E-state index in [1.54, 1.807) is 64.0 Å². The summed E-state index contributed by atoms with van der Waals surface area (Å²) >= 11 is 0. The monoisotopic (exact) mass is 585 g/mol. The summed E-state index contributed by atoms with van der Waals surface area (Å²) in [5.74, 6) is 2.89. The third-order valence-electron chi connectivity index (χ3n) is 7.38. The minimum absolute atomic E-state index is 0.0641. The molecule has 1 aliphatic rings. The van der Waals surface area contributed by atoms with Crippen LogP contribution >= 0.6 is 0 Å². The average molecular weight is 586 g/mol. The van der Waals surface area contributed by atoms with Crippen LogP contribution in [0, 0.1) is 0 Å². The van der Waals surface area contributed by atoms with Gasteiger partial charge in [0.15, 0.2) is 17.3 Å². The Bertz CT molecular complexity index is 1510. The zero-order valence-corrected chi connectivity index (χ0v) is 24.6. The van der Waals surface area contributed by atoms with Crippen LogP contribution in [0.5, 0.6) is 17.2 Å². The smallest absolute Gasteiger partial charge is 0.254 e. The largest absolute Gasteiger partial charge is 0.497 e. The molecule has 0 spiro atoms. The number of furan rings is 1. The van der Waals surface area contributed by atoms with Gasteiger partial charge in [0.1, 0.15) is 18.1 Å². The molecule has 0 N–H and O–H groups in total. The lowest BCUT2D eigenvalue weighted by Crippen LogP contribution is -2.44. The first-order chi connectivity index (χ1) is 21.0. The first-order valence-corrected chi connectivity index (χ1v) is 14.0. The van der Waals surface area contributed by atoms with E-state index in [2.05, 4.69) is 15.1 Å². The van der Waals surface area contributed by atoms with Gasteiger partial charge in [0.25, 0.3) is 5.91 Å². The lowest BCUT2D eigenvalue weighted by atomic mass is 10.1. The molecule has 1 fully saturated rings. The first-order valence-electron chi connectivity index (χ1n) is 14.0. The van der Waals surface area contributed by atoms with Crippen molar-refractivity contribution < 1.29 is 28.2 Å². The van der Waals surface area contributed by atoms with Gasteiger partial charge in [0, 0.05) is 37.3 Å². The summed E-state index contributed by atoms with van der Waals surface area (Å²) < 4.78 is 21.4. The maximum atomic E-state index is 13.5. The van der Waals surface area contributed by atoms with Gasteiger partial charge in [-0.1, -0.05) is 0 Å². The highest BCUT2D eigenvalue weighted by atomic mass is 16.5. The fraction of sp³-hybridized carbons (Fsp3) is 0.312. The van der Waals surface area contributed by atoms with Crippen molar-refractivity contribution >= 4 is 17.6 Å². The number of methoxy groups -OCH3 is 3. The van der Waals surface area contributed by atoms with Gasteiger partial charge in [-0.05, 0) is 73.2 Å². The Morgan fingerprint density at radius 3 is 2.35 bits per heavy atom. The van der Waals surface area contributed by atoms with Gasteiger partial charge in [-0.25, -0.2) is 0 Å². The molecular formula is C32H35N5O6. The highest BCUT2D eigenvalue weighted by molar-refractivity contribution is 5.96. The Hall–Kier alpha value is -5.06. The Kier molecular flexibility index (Phi) is 9.40. The number of aromatic nitrogens is 2. The Morgan fingerprint density at radius 2 is 1.67 bits per heavy atom. The molecule has 43 heavy (non-hydrogen) atoms. The molecule has 224 valence electrons. The fourth-order valence-electron chi connectivity index (χ4n) is 5.01. The van der Waals surface area contributed by atoms with E-state index >= 15 is 0 Å². The van der Waals surface area contributed by atoms with E-state index in [0.717, 1.165) is 30.0 Å². The molecule has 1 aliphatic heterocycles. The summed E-state index contributed by atoms with van der Waals surface area (Å²) in [6, 6.07) is 19.9. The molecule has 3 heterocycles. The molecule has 0 unspecified atom stereocenters. The Morgan fingerprint density at radius 1 is 0.860 bits per heavy atom. The van der Waals surface area contributed by atoms with Crippen LogP contribution in [-0.2, 0) is 11.3 Å². The third-order valence-corrected chi connectivity index (χ3v) is 7.38. The second-order valence-electron chi connectivity index (χ2n) is 10.0. The topological polar surface area (TPSA) is 110 Å². The second kappa shape index (κ2) is 13.7. The van der Waals surface area contributed by atoms with Crippen molar-refractivity contribution in [1.82, 2.24) is 20.0 Å². The average Bonchev–Trinajstić information content (AvgIpc) is 3.45. The molecule has 0 saturated carbocycles. The van der Waals surface area contributed by atoms with Gasteiger partial charge >= 0.3 is 0 Å². The summed E-state index contributed by atoms with van der Waals surface area (Å²) in [7, 11) is 4.77. The van der Waals surface area contributed by atoms with Gasteiger partial charge in [-0.2, -0.15) is 0 Å². The zero-order chi connectivity index (χ0) is 30.2. The van der Waals surface area contributed by atoms with E-state index in [9.17, 15) is 9.59 Å². The number of ether oxygens (including phenoxy) is 3. The lowest BCUT2D eigenvalue weighted by molar-refractivity contribution is -0.131. The van der Waals surface area contributed by atoms with E-state index in [1.807, 2.05) is 35.2 Å². The molecule has 0 radical (unpaired) electrons. The molecule has 11 nitrogen and oxygen atoms in total. The van der Waals surface area contributed by atoms with Gasteiger partial charge in [-0.15, -0.1) is 10.2 Å². The van der Waals surface area contributed by atoms with Crippen LogP contribution in [0.2, 0.25) is 0 Å². The molecule has 0 bridgehead atoms. The van der Waals surface area contributed by atoms with Crippen molar-refractivity contribution in [3.63, 3.8) is 0 Å². The SMILES string of the molecule is COc1ccc(C(=O)N(CC(=O)N2CCCN(c3ccc(-c4ccc(OC)c(OC)c4)nn3)CC2)Cc2ccco2)cc1. The molecule has 2 aromatic heterocycles. The van der Waals surface area contributed by atoms with Crippen LogP contribution < -0.4 is 19.1 Å². The van der Waals surface area contributed by atoms with E-state index in [0.29, 0.717) is 48.2 Å². The normalized spacial score (nSPS) is 13.3. The second-order valence-corrected chi connectivity index (χ2v) is 10.0. The minimum Gasteiger partial charge on any atom is -0.497 e. The van der Waals surface area contributed by atoms with Gasteiger partial charge in [-0.3, -0.25) is 9.59 Å². The highest BCUT2D eigenvalue weighted by Gasteiger charge is 2.25. The molecule has 2 aromatic carbocycles. The van der Waals surface area contributed by atoms with Crippen molar-refractivity contribution in [2.45, 2.75) is 13.0 Å². The molecule has 2 amide bonds. The Balaban J connectivity index is 1.23. The van der Waals surface area contributed by atoms with Crippen LogP contribution in [0.1, 0.15) is 22.5 Å². The first kappa shape index (κ1) is 29.4. The number of carbonyl (C=O) groups is 2. The minimum atomic E-state index is -0.256. The molecule has 11 heteroatoms. The lowest BCUT2D eigenvalue weighted by Gasteiger charge is -2.27. The van der Waals surface area contributed by atoms with Crippen molar-refractivity contribution in [2.24, 2.45) is 0 Å². The molecule has 0 atom stereocenters. The number of rotatable bonds is 10. The van der Waals surface area contributed by atoms with E-state index in [4.69, 9.17) is 18.6 Å². The number of anilines is 1. The fourth-order valence-corrected chi connectivity index (χ4v) is 5.01. The summed E-state index contributed by atoms with van der Waals surface area (Å²) in [6.45, 7) is 2.54. The molecule has 4 aromatic rings. The number of amides is 2. The summed E-state index contributed by atoms with van der Waals surface area (Å²) in [5, 5.41) is 8.92. The Labute approximate surface area is 250 Å². The zero-order valence-electron chi connectivity index (χ0n) is 24.6. The summed E-state index contributed by atoms with van der Waals surface area (Å²) in [6.07, 6.45) is 2.31. The van der Waals surface area contributed by atoms with Crippen LogP contribution in [0.4, 0.5) is 5.82 Å². The summed E-state index contributed by atoms with van der Waals surface area (Å²) in [4.78, 5) is 32.4. The van der Waals surface area contributed by atoms with Crippen LogP contribution in [0.15, 0.2) is 77.4 Å². The maximum Gasteiger partial charge on any atom is 0.254 e. The van der Waals surface area contributed by atoms with Crippen LogP contribution in [0.3, 0.4) is 0 Å². The van der Waals surface area contributed by atoms with E-state index in [1.165, 1.54) is 4.90 Å². The third kappa shape index (κ3) is 7.06. The molecule has 0 aliphatic carbocycles. The maximum absolute atomic E-state index is 13.5. The number of carbonyl (C=O) groups excluding carboxylic acids is 2. The van der Waals surface area contributed by atoms with Gasteiger partial charge in [0.2, 0.25) is 5.91 Å². The van der Waals surface area contributed by atoms with E-state index < -0.39 is 0 Å². The van der Waals surface area contributed by atoms with Crippen molar-refractivity contribution in [1.29, 1.82) is 0 Å². The van der Waals surface area contributed by atoms with Gasteiger partial charge in [0.05, 0.1) is 39.8 Å². The van der Waals surface area contributed by atoms with Crippen LogP contribution in [0.25, 0.3) is 11.3 Å². The highest BCUT2D eigenvalue weighted by Crippen LogP contribution is 2.31. The van der Waals surface area contributed by atoms with Crippen molar-refractivity contribution in [2.75, 3.05) is 59.0 Å². The summed E-state index contributed by atoms with van der Waals surface area (Å²) in [5.41, 5.74) is 2.06. The number of hydrogen-bond acceptors (Lipinski definition) is 9. The molecule has 5 rings (SSSR count). The van der Waals surface area contributed by atoms with E-state index in [-0.39, 0.29) is 24.9 Å². The predicted molar refractivity (Wildman–Crippen MR) is 160 cm³/mol.